The zero-order valence-corrected chi connectivity index (χ0v) is 30.1. The minimum atomic E-state index is -0.993. The van der Waals surface area contributed by atoms with Gasteiger partial charge < -0.3 is 4.42 Å². The molecule has 47 heavy (non-hydrogen) atoms. The fraction of sp³-hybridized carbons (Fsp3) is 0.784. The maximum atomic E-state index is 13.6. The molecule has 0 bridgehead atoms. The number of allylic oxidation sites excluding steroid dienone is 1. The summed E-state index contributed by atoms with van der Waals surface area (Å²) in [5.74, 6) is 0.711. The largest absolute Gasteiger partial charge is 0.408 e. The Morgan fingerprint density at radius 1 is 0.872 bits per heavy atom. The zero-order chi connectivity index (χ0) is 34.7. The van der Waals surface area contributed by atoms with Crippen LogP contribution >= 0.6 is 0 Å². The van der Waals surface area contributed by atoms with Crippen LogP contribution in [0.2, 0.25) is 0 Å². The van der Waals surface area contributed by atoms with Gasteiger partial charge in [-0.2, -0.15) is 0 Å². The predicted molar refractivity (Wildman–Crippen MR) is 175 cm³/mol. The molecule has 0 aromatic carbocycles. The molecular weight excluding hydrogens is 598 g/mol. The summed E-state index contributed by atoms with van der Waals surface area (Å²) in [4.78, 5) is 58.8. The van der Waals surface area contributed by atoms with Crippen LogP contribution in [0.25, 0.3) is 0 Å². The number of hydrogen-bond donors (Lipinski definition) is 1. The number of carbonyl (C=O) groups excluding carboxylic acids is 4. The van der Waals surface area contributed by atoms with Gasteiger partial charge in [-0.3, -0.25) is 14.9 Å². The highest BCUT2D eigenvalue weighted by atomic mass is 17.2. The highest BCUT2D eigenvalue weighted by molar-refractivity contribution is 6.06. The maximum Gasteiger partial charge on any atom is 0.366 e. The van der Waals surface area contributed by atoms with Crippen molar-refractivity contribution in [2.24, 2.45) is 50.7 Å². The molecule has 5 aliphatic carbocycles. The molecule has 10 heteroatoms. The van der Waals surface area contributed by atoms with Crippen molar-refractivity contribution in [3.05, 3.63) is 17.0 Å². The Labute approximate surface area is 279 Å². The lowest BCUT2D eigenvalue weighted by molar-refractivity contribution is -0.267. The summed E-state index contributed by atoms with van der Waals surface area (Å²) in [5.41, 5.74) is 1.78. The van der Waals surface area contributed by atoms with Gasteiger partial charge in [-0.05, 0) is 108 Å². The average molecular weight is 654 g/mol. The van der Waals surface area contributed by atoms with Gasteiger partial charge >= 0.3 is 18.0 Å². The summed E-state index contributed by atoms with van der Waals surface area (Å²) in [6.07, 6.45) is 10.3. The highest BCUT2D eigenvalue weighted by Gasteiger charge is 2.70. The van der Waals surface area contributed by atoms with E-state index in [1.54, 1.807) is 6.92 Å². The van der Waals surface area contributed by atoms with E-state index >= 15 is 0 Å². The number of fused-ring (bicyclic) bond motifs is 7. The molecule has 1 heterocycles. The lowest BCUT2D eigenvalue weighted by atomic mass is 9.33. The Hall–Kier alpha value is -3.04. The first kappa shape index (κ1) is 35.3. The smallest absolute Gasteiger partial charge is 0.366 e. The number of anilines is 1. The van der Waals surface area contributed by atoms with Crippen molar-refractivity contribution in [1.82, 2.24) is 10.2 Å². The third-order valence-corrected chi connectivity index (χ3v) is 13.6. The van der Waals surface area contributed by atoms with E-state index in [1.165, 1.54) is 46.0 Å². The van der Waals surface area contributed by atoms with Crippen molar-refractivity contribution in [2.75, 3.05) is 5.32 Å². The molecule has 10 nitrogen and oxygen atoms in total. The normalized spacial score (nSPS) is 37.0. The molecule has 1 aromatic heterocycles. The molecule has 7 atom stereocenters. The van der Waals surface area contributed by atoms with Crippen LogP contribution in [-0.2, 0) is 29.0 Å². The van der Waals surface area contributed by atoms with Crippen molar-refractivity contribution in [3.63, 3.8) is 0 Å². The van der Waals surface area contributed by atoms with E-state index in [4.69, 9.17) is 14.2 Å². The quantitative estimate of drug-likeness (QED) is 0.257. The minimum Gasteiger partial charge on any atom is -0.408 e. The summed E-state index contributed by atoms with van der Waals surface area (Å²) in [7, 11) is 0. The molecule has 0 unspecified atom stereocenters. The number of Topliss-reactive ketones (excluding diaryl/α,β-unsaturated/α-hetero) is 1. The fourth-order valence-corrected chi connectivity index (χ4v) is 11.6. The van der Waals surface area contributed by atoms with E-state index in [-0.39, 0.29) is 46.8 Å². The standard InChI is InChI=1S/C32H48O5.C5H7N3O2/c1-19(2)25-22(34)18-32(27(35)37-36-20(3)33)17-16-30(7)21(26(25)32)10-11-24-29(6)14-9-13-28(4,5)23(29)12-15-31(24,30)8;1-3(9)6-5-8-7-4(2)10-5/h19,21,23-24H,9-18H2,1-8H3;1-2H3,(H,6,8,9)/t21-,23+,24-,29+,30-,31-,32-;/m1./s1. The van der Waals surface area contributed by atoms with E-state index in [1.807, 2.05) is 0 Å². The average Bonchev–Trinajstić information content (AvgIpc) is 3.51. The molecule has 5 aliphatic rings. The van der Waals surface area contributed by atoms with Crippen LogP contribution in [0.1, 0.15) is 132 Å². The van der Waals surface area contributed by atoms with Crippen LogP contribution in [0.3, 0.4) is 0 Å². The molecule has 0 aliphatic heterocycles. The predicted octanol–water partition coefficient (Wildman–Crippen LogP) is 7.71. The van der Waals surface area contributed by atoms with Crippen LogP contribution in [0, 0.1) is 57.7 Å². The molecule has 0 spiro atoms. The minimum absolute atomic E-state index is 0.0107. The van der Waals surface area contributed by atoms with E-state index in [2.05, 4.69) is 64.0 Å². The Kier molecular flexibility index (Phi) is 9.10. The number of aromatic nitrogens is 2. The van der Waals surface area contributed by atoms with Crippen molar-refractivity contribution in [2.45, 2.75) is 133 Å². The molecule has 0 radical (unpaired) electrons. The van der Waals surface area contributed by atoms with E-state index in [0.29, 0.717) is 29.1 Å². The van der Waals surface area contributed by atoms with Crippen molar-refractivity contribution < 1.29 is 33.4 Å². The third kappa shape index (κ3) is 5.65. The summed E-state index contributed by atoms with van der Waals surface area (Å²) < 4.78 is 4.84. The molecule has 6 rings (SSSR count). The van der Waals surface area contributed by atoms with Gasteiger partial charge in [-0.15, -0.1) is 5.10 Å². The van der Waals surface area contributed by atoms with Crippen LogP contribution in [-0.4, -0.2) is 33.8 Å². The molecule has 0 saturated heterocycles. The monoisotopic (exact) mass is 653 g/mol. The Balaban J connectivity index is 0.000000371. The van der Waals surface area contributed by atoms with E-state index in [0.717, 1.165) is 36.3 Å². The van der Waals surface area contributed by atoms with E-state index in [9.17, 15) is 19.2 Å². The number of amides is 1. The summed E-state index contributed by atoms with van der Waals surface area (Å²) in [6, 6.07) is 0.144. The van der Waals surface area contributed by atoms with Gasteiger partial charge in [0, 0.05) is 27.2 Å². The van der Waals surface area contributed by atoms with Gasteiger partial charge in [-0.1, -0.05) is 60.0 Å². The number of nitrogens with zero attached hydrogens (tertiary/aromatic N) is 2. The van der Waals surface area contributed by atoms with Crippen LogP contribution in [0.15, 0.2) is 15.6 Å². The first-order valence-corrected chi connectivity index (χ1v) is 17.6. The Morgan fingerprint density at radius 3 is 2.17 bits per heavy atom. The van der Waals surface area contributed by atoms with Crippen LogP contribution in [0.5, 0.6) is 0 Å². The zero-order valence-electron chi connectivity index (χ0n) is 30.1. The van der Waals surface area contributed by atoms with Gasteiger partial charge in [0.25, 0.3) is 0 Å². The SMILES string of the molecule is CC(=O)Nc1nnc(C)o1.CC(=O)OOC(=O)[C@@]12CC[C@]3(C)[C@H](CC[C@@H]4[C@@]5(C)CCCC(C)(C)[C@@H]5CC[C@]43C)C1=C(C(C)C)C(=O)C2. The first-order chi connectivity index (χ1) is 21.8. The number of rotatable bonds is 3. The second-order valence-electron chi connectivity index (χ2n) is 16.9. The van der Waals surface area contributed by atoms with Crippen molar-refractivity contribution in [1.29, 1.82) is 0 Å². The summed E-state index contributed by atoms with van der Waals surface area (Å²) >= 11 is 0. The lowest BCUT2D eigenvalue weighted by Gasteiger charge is -2.71. The lowest BCUT2D eigenvalue weighted by Crippen LogP contribution is -2.64. The van der Waals surface area contributed by atoms with Crippen LogP contribution < -0.4 is 5.32 Å². The van der Waals surface area contributed by atoms with Crippen LogP contribution in [0.4, 0.5) is 6.01 Å². The maximum absolute atomic E-state index is 13.6. The molecule has 4 fully saturated rings. The Bertz CT molecular complexity index is 1480. The number of nitrogens with one attached hydrogen (secondary N) is 1. The summed E-state index contributed by atoms with van der Waals surface area (Å²) in [6.45, 7) is 21.0. The molecule has 1 amide bonds. The molecule has 4 saturated carbocycles. The number of ketones is 1. The van der Waals surface area contributed by atoms with Gasteiger partial charge in [0.2, 0.25) is 11.8 Å². The van der Waals surface area contributed by atoms with Crippen molar-refractivity contribution in [3.8, 4) is 0 Å². The molecular formula is C37H55N3O7. The van der Waals surface area contributed by atoms with Crippen molar-refractivity contribution >= 4 is 29.6 Å². The van der Waals surface area contributed by atoms with Gasteiger partial charge in [0.1, 0.15) is 5.41 Å². The van der Waals surface area contributed by atoms with Gasteiger partial charge in [0.05, 0.1) is 0 Å². The second kappa shape index (κ2) is 12.1. The topological polar surface area (TPSA) is 138 Å². The third-order valence-electron chi connectivity index (χ3n) is 13.6. The number of aryl methyl sites for hydroxylation is 1. The summed E-state index contributed by atoms with van der Waals surface area (Å²) in [5, 5.41) is 9.39. The second-order valence-corrected chi connectivity index (χ2v) is 16.9. The molecule has 1 aromatic rings. The van der Waals surface area contributed by atoms with E-state index < -0.39 is 17.4 Å². The first-order valence-electron chi connectivity index (χ1n) is 17.6. The fourth-order valence-electron chi connectivity index (χ4n) is 11.6. The van der Waals surface area contributed by atoms with Gasteiger partial charge in [0.15, 0.2) is 5.78 Å². The highest BCUT2D eigenvalue weighted by Crippen LogP contribution is 2.76. The number of carbonyl (C=O) groups is 4. The number of hydrogen-bond acceptors (Lipinski definition) is 9. The van der Waals surface area contributed by atoms with Gasteiger partial charge in [-0.25, -0.2) is 19.4 Å². The molecule has 1 N–H and O–H groups in total. The molecule has 260 valence electrons. The Morgan fingerprint density at radius 2 is 1.57 bits per heavy atom.